The largest absolute Gasteiger partial charge is 0.469 e. The first-order chi connectivity index (χ1) is 7.56. The van der Waals surface area contributed by atoms with Gasteiger partial charge in [-0.1, -0.05) is 6.92 Å². The normalized spacial score (nSPS) is 14.5. The van der Waals surface area contributed by atoms with Gasteiger partial charge in [0.1, 0.15) is 12.2 Å². The van der Waals surface area contributed by atoms with Crippen LogP contribution in [0.2, 0.25) is 0 Å². The molecule has 1 N–H and O–H groups in total. The summed E-state index contributed by atoms with van der Waals surface area (Å²) in [4.78, 5) is 11.3. The Morgan fingerprint density at radius 1 is 1.62 bits per heavy atom. The molecular weight excluding hydrogens is 208 g/mol. The molecule has 1 heterocycles. The molecule has 0 spiro atoms. The van der Waals surface area contributed by atoms with Gasteiger partial charge in [-0.05, 0) is 6.92 Å². The molecule has 0 aliphatic carbocycles. The lowest BCUT2D eigenvalue weighted by atomic mass is 10.0. The molecule has 0 fully saturated rings. The number of nitrogens with one attached hydrogen (secondary N) is 1. The molecule has 1 rings (SSSR count). The number of methoxy groups -OCH3 is 1. The topological polar surface area (TPSA) is 69.0 Å². The van der Waals surface area contributed by atoms with Crippen LogP contribution in [0.1, 0.15) is 19.7 Å². The smallest absolute Gasteiger partial charge is 0.309 e. The summed E-state index contributed by atoms with van der Waals surface area (Å²) in [5.74, 6) is 0.445. The van der Waals surface area contributed by atoms with Crippen LogP contribution < -0.4 is 5.32 Å². The van der Waals surface area contributed by atoms with E-state index in [2.05, 4.69) is 20.3 Å². The molecule has 2 atom stereocenters. The molecule has 0 bridgehead atoms. The summed E-state index contributed by atoms with van der Waals surface area (Å²) >= 11 is 0. The van der Waals surface area contributed by atoms with Crippen LogP contribution in [0.3, 0.4) is 0 Å². The van der Waals surface area contributed by atoms with Crippen molar-refractivity contribution < 1.29 is 9.53 Å². The van der Waals surface area contributed by atoms with Crippen LogP contribution in [-0.4, -0.2) is 33.9 Å². The van der Waals surface area contributed by atoms with Gasteiger partial charge < -0.3 is 14.6 Å². The Labute approximate surface area is 95.0 Å². The minimum absolute atomic E-state index is 0.0316. The first-order valence-corrected chi connectivity index (χ1v) is 5.20. The second-order valence-corrected chi connectivity index (χ2v) is 3.84. The van der Waals surface area contributed by atoms with Crippen LogP contribution in [0, 0.1) is 5.92 Å². The summed E-state index contributed by atoms with van der Waals surface area (Å²) in [6, 6.07) is 0.0316. The van der Waals surface area contributed by atoms with E-state index in [0.717, 1.165) is 5.82 Å². The lowest BCUT2D eigenvalue weighted by Crippen LogP contribution is -2.36. The highest BCUT2D eigenvalue weighted by Gasteiger charge is 2.20. The van der Waals surface area contributed by atoms with Gasteiger partial charge in [0.25, 0.3) is 0 Å². The van der Waals surface area contributed by atoms with Crippen LogP contribution in [0.5, 0.6) is 0 Å². The van der Waals surface area contributed by atoms with Crippen molar-refractivity contribution >= 4 is 5.97 Å². The molecular formula is C10H18N4O2. The molecule has 6 heteroatoms. The van der Waals surface area contributed by atoms with Crippen molar-refractivity contribution in [2.75, 3.05) is 7.11 Å². The Hall–Kier alpha value is -1.43. The first-order valence-electron chi connectivity index (χ1n) is 5.20. The molecule has 0 aliphatic heterocycles. The summed E-state index contributed by atoms with van der Waals surface area (Å²) in [5.41, 5.74) is 0. The fourth-order valence-corrected chi connectivity index (χ4v) is 1.29. The van der Waals surface area contributed by atoms with E-state index in [1.54, 1.807) is 6.33 Å². The van der Waals surface area contributed by atoms with E-state index < -0.39 is 0 Å². The fraction of sp³-hybridized carbons (Fsp3) is 0.700. The summed E-state index contributed by atoms with van der Waals surface area (Å²) < 4.78 is 6.52. The van der Waals surface area contributed by atoms with Crippen LogP contribution in [0.15, 0.2) is 6.33 Å². The molecule has 0 radical (unpaired) electrons. The van der Waals surface area contributed by atoms with Gasteiger partial charge in [0, 0.05) is 13.1 Å². The van der Waals surface area contributed by atoms with Crippen LogP contribution in [-0.2, 0) is 23.1 Å². The maximum Gasteiger partial charge on any atom is 0.309 e. The number of esters is 1. The lowest BCUT2D eigenvalue weighted by molar-refractivity contribution is -0.145. The highest BCUT2D eigenvalue weighted by atomic mass is 16.5. The molecule has 0 amide bonds. The van der Waals surface area contributed by atoms with Gasteiger partial charge in [0.05, 0.1) is 19.6 Å². The Morgan fingerprint density at radius 2 is 2.31 bits per heavy atom. The zero-order valence-electron chi connectivity index (χ0n) is 10.1. The van der Waals surface area contributed by atoms with Gasteiger partial charge in [-0.25, -0.2) is 0 Å². The molecule has 1 aromatic heterocycles. The molecule has 16 heavy (non-hydrogen) atoms. The van der Waals surface area contributed by atoms with E-state index in [4.69, 9.17) is 0 Å². The van der Waals surface area contributed by atoms with Crippen molar-refractivity contribution in [3.8, 4) is 0 Å². The van der Waals surface area contributed by atoms with Crippen LogP contribution in [0.4, 0.5) is 0 Å². The Kier molecular flexibility index (Phi) is 4.42. The van der Waals surface area contributed by atoms with Gasteiger partial charge in [0.2, 0.25) is 0 Å². The van der Waals surface area contributed by atoms with Crippen molar-refractivity contribution in [3.05, 3.63) is 12.2 Å². The molecule has 90 valence electrons. The highest BCUT2D eigenvalue weighted by molar-refractivity contribution is 5.72. The average molecular weight is 226 g/mol. The highest BCUT2D eigenvalue weighted by Crippen LogP contribution is 2.05. The van der Waals surface area contributed by atoms with E-state index in [0.29, 0.717) is 6.54 Å². The van der Waals surface area contributed by atoms with Crippen molar-refractivity contribution in [1.29, 1.82) is 0 Å². The van der Waals surface area contributed by atoms with E-state index >= 15 is 0 Å². The zero-order chi connectivity index (χ0) is 12.1. The summed E-state index contributed by atoms with van der Waals surface area (Å²) in [7, 11) is 3.28. The average Bonchev–Trinajstić information content (AvgIpc) is 2.69. The molecule has 2 unspecified atom stereocenters. The standard InChI is InChI=1S/C10H18N4O2/c1-7(10(15)16-4)8(2)11-5-9-13-12-6-14(9)3/h6-8,11H,5H2,1-4H3. The maximum atomic E-state index is 11.3. The molecule has 6 nitrogen and oxygen atoms in total. The minimum atomic E-state index is -0.210. The Bertz CT molecular complexity index is 350. The van der Waals surface area contributed by atoms with E-state index in [9.17, 15) is 4.79 Å². The van der Waals surface area contributed by atoms with Crippen LogP contribution in [0.25, 0.3) is 0 Å². The first kappa shape index (κ1) is 12.6. The third kappa shape index (κ3) is 3.03. The van der Waals surface area contributed by atoms with Gasteiger partial charge in [-0.2, -0.15) is 0 Å². The lowest BCUT2D eigenvalue weighted by Gasteiger charge is -2.18. The molecule has 0 saturated heterocycles. The Balaban J connectivity index is 2.44. The second-order valence-electron chi connectivity index (χ2n) is 3.84. The number of rotatable bonds is 5. The number of carbonyl (C=O) groups is 1. The second kappa shape index (κ2) is 5.60. The van der Waals surface area contributed by atoms with Crippen molar-refractivity contribution in [3.63, 3.8) is 0 Å². The van der Waals surface area contributed by atoms with Crippen molar-refractivity contribution in [2.24, 2.45) is 13.0 Å². The van der Waals surface area contributed by atoms with Crippen LogP contribution >= 0.6 is 0 Å². The van der Waals surface area contributed by atoms with Gasteiger partial charge in [-0.15, -0.1) is 10.2 Å². The van der Waals surface area contributed by atoms with E-state index in [-0.39, 0.29) is 17.9 Å². The summed E-state index contributed by atoms with van der Waals surface area (Å²) in [6.45, 7) is 4.36. The molecule has 0 saturated carbocycles. The number of hydrogen-bond donors (Lipinski definition) is 1. The number of ether oxygens (including phenoxy) is 1. The van der Waals surface area contributed by atoms with E-state index in [1.165, 1.54) is 7.11 Å². The number of aryl methyl sites for hydroxylation is 1. The van der Waals surface area contributed by atoms with Gasteiger partial charge in [0.15, 0.2) is 0 Å². The summed E-state index contributed by atoms with van der Waals surface area (Å²) in [5, 5.41) is 10.9. The maximum absolute atomic E-state index is 11.3. The molecule has 0 aliphatic rings. The van der Waals surface area contributed by atoms with Gasteiger partial charge in [-0.3, -0.25) is 4.79 Å². The molecule has 1 aromatic rings. The predicted octanol–water partition coefficient (Wildman–Crippen LogP) is 0.102. The number of nitrogens with zero attached hydrogens (tertiary/aromatic N) is 3. The quantitative estimate of drug-likeness (QED) is 0.721. The number of hydrogen-bond acceptors (Lipinski definition) is 5. The monoisotopic (exact) mass is 226 g/mol. The fourth-order valence-electron chi connectivity index (χ4n) is 1.29. The third-order valence-corrected chi connectivity index (χ3v) is 2.71. The van der Waals surface area contributed by atoms with E-state index in [1.807, 2.05) is 25.5 Å². The number of carbonyl (C=O) groups excluding carboxylic acids is 1. The summed E-state index contributed by atoms with van der Waals surface area (Å²) in [6.07, 6.45) is 1.64. The minimum Gasteiger partial charge on any atom is -0.469 e. The molecule has 0 aromatic carbocycles. The number of aromatic nitrogens is 3. The predicted molar refractivity (Wildman–Crippen MR) is 58.5 cm³/mol. The van der Waals surface area contributed by atoms with Crippen molar-refractivity contribution in [2.45, 2.75) is 26.4 Å². The van der Waals surface area contributed by atoms with Gasteiger partial charge >= 0.3 is 5.97 Å². The Morgan fingerprint density at radius 3 is 2.81 bits per heavy atom. The van der Waals surface area contributed by atoms with Crippen molar-refractivity contribution in [1.82, 2.24) is 20.1 Å². The third-order valence-electron chi connectivity index (χ3n) is 2.71. The zero-order valence-corrected chi connectivity index (χ0v) is 10.1. The SMILES string of the molecule is COC(=O)C(C)C(C)NCc1nncn1C.